The van der Waals surface area contributed by atoms with Crippen LogP contribution in [0.15, 0.2) is 30.3 Å². The molecule has 1 aromatic carbocycles. The van der Waals surface area contributed by atoms with Crippen LogP contribution in [0.4, 0.5) is 0 Å². The molecule has 0 N–H and O–H groups in total. The van der Waals surface area contributed by atoms with E-state index in [1.54, 1.807) is 11.3 Å². The summed E-state index contributed by atoms with van der Waals surface area (Å²) < 4.78 is 1.21. The number of fused-ring (bicyclic) bond motifs is 1. The summed E-state index contributed by atoms with van der Waals surface area (Å²) in [6.07, 6.45) is 0. The van der Waals surface area contributed by atoms with E-state index in [1.807, 2.05) is 24.3 Å². The van der Waals surface area contributed by atoms with Gasteiger partial charge in [-0.25, -0.2) is 0 Å². The second kappa shape index (κ2) is 3.13. The normalized spacial score (nSPS) is 10.4. The maximum Gasteiger partial charge on any atom is 0.220 e. The van der Waals surface area contributed by atoms with Crippen LogP contribution in [0.25, 0.3) is 10.1 Å². The first-order valence-corrected chi connectivity index (χ1v) is 4.41. The van der Waals surface area contributed by atoms with Gasteiger partial charge in [0.1, 0.15) is 0 Å². The van der Waals surface area contributed by atoms with Crippen LogP contribution in [0.1, 0.15) is 0 Å². The van der Waals surface area contributed by atoms with Crippen molar-refractivity contribution in [2.24, 2.45) is 0 Å². The maximum absolute atomic E-state index is 4.91. The van der Waals surface area contributed by atoms with Crippen LogP contribution in [-0.2, 0) is 4.89 Å². The Morgan fingerprint density at radius 3 is 2.83 bits per heavy atom. The van der Waals surface area contributed by atoms with Crippen molar-refractivity contribution >= 4 is 21.4 Å². The highest BCUT2D eigenvalue weighted by molar-refractivity contribution is 7.20. The van der Waals surface area contributed by atoms with Crippen molar-refractivity contribution < 1.29 is 9.78 Å². The van der Waals surface area contributed by atoms with Gasteiger partial charge in [-0.2, -0.15) is 4.89 Å². The fourth-order valence-electron chi connectivity index (χ4n) is 1.08. The first kappa shape index (κ1) is 7.58. The first-order valence-electron chi connectivity index (χ1n) is 3.59. The monoisotopic (exact) mass is 180 g/mol. The lowest BCUT2D eigenvalue weighted by Crippen LogP contribution is -1.85. The van der Waals surface area contributed by atoms with Gasteiger partial charge in [0.2, 0.25) is 5.06 Å². The van der Waals surface area contributed by atoms with Gasteiger partial charge in [0.05, 0.1) is 7.11 Å². The van der Waals surface area contributed by atoms with E-state index in [0.29, 0.717) is 0 Å². The Labute approximate surface area is 74.3 Å². The quantitative estimate of drug-likeness (QED) is 0.522. The van der Waals surface area contributed by atoms with Crippen molar-refractivity contribution in [1.82, 2.24) is 0 Å². The summed E-state index contributed by atoms with van der Waals surface area (Å²) in [7, 11) is 1.50. The highest BCUT2D eigenvalue weighted by Gasteiger charge is 2.00. The molecule has 0 spiro atoms. The second-order valence-electron chi connectivity index (χ2n) is 2.35. The Kier molecular flexibility index (Phi) is 1.98. The molecule has 0 fully saturated rings. The molecule has 62 valence electrons. The standard InChI is InChI=1S/C9H8O2S/c1-10-11-9-6-7-4-2-3-5-8(7)12-9/h2-6H,1H3. The van der Waals surface area contributed by atoms with Gasteiger partial charge in [-0.15, -0.1) is 0 Å². The second-order valence-corrected chi connectivity index (χ2v) is 3.40. The summed E-state index contributed by atoms with van der Waals surface area (Å²) in [6, 6.07) is 10.1. The van der Waals surface area contributed by atoms with Crippen molar-refractivity contribution in [3.05, 3.63) is 30.3 Å². The minimum Gasteiger partial charge on any atom is -0.327 e. The molecule has 0 radical (unpaired) electrons. The molecule has 0 atom stereocenters. The molecule has 0 aliphatic carbocycles. The van der Waals surface area contributed by atoms with Crippen LogP contribution < -0.4 is 4.89 Å². The van der Waals surface area contributed by atoms with Crippen LogP contribution in [0.2, 0.25) is 0 Å². The van der Waals surface area contributed by atoms with Crippen molar-refractivity contribution in [1.29, 1.82) is 0 Å². The average Bonchev–Trinajstić information content (AvgIpc) is 2.47. The summed E-state index contributed by atoms with van der Waals surface area (Å²) >= 11 is 1.57. The maximum atomic E-state index is 4.91. The lowest BCUT2D eigenvalue weighted by Gasteiger charge is -1.92. The molecule has 0 aliphatic rings. The predicted octanol–water partition coefficient (Wildman–Crippen LogP) is 2.84. The first-order chi connectivity index (χ1) is 5.90. The van der Waals surface area contributed by atoms with E-state index in [2.05, 4.69) is 11.0 Å². The Morgan fingerprint density at radius 1 is 1.25 bits per heavy atom. The van der Waals surface area contributed by atoms with Crippen LogP contribution in [0.3, 0.4) is 0 Å². The van der Waals surface area contributed by atoms with Gasteiger partial charge < -0.3 is 4.89 Å². The number of hydrogen-bond acceptors (Lipinski definition) is 3. The Morgan fingerprint density at radius 2 is 2.08 bits per heavy atom. The molecule has 0 unspecified atom stereocenters. The average molecular weight is 180 g/mol. The molecule has 3 heteroatoms. The molecular formula is C9H8O2S. The fraction of sp³-hybridized carbons (Fsp3) is 0.111. The molecule has 2 aromatic rings. The van der Waals surface area contributed by atoms with Gasteiger partial charge in [0.25, 0.3) is 0 Å². The lowest BCUT2D eigenvalue weighted by molar-refractivity contribution is -0.174. The topological polar surface area (TPSA) is 18.5 Å². The smallest absolute Gasteiger partial charge is 0.220 e. The van der Waals surface area contributed by atoms with Gasteiger partial charge in [-0.05, 0) is 11.5 Å². The van der Waals surface area contributed by atoms with Gasteiger partial charge in [-0.1, -0.05) is 29.5 Å². The van der Waals surface area contributed by atoms with Gasteiger partial charge in [0, 0.05) is 10.8 Å². The number of hydrogen-bond donors (Lipinski definition) is 0. The summed E-state index contributed by atoms with van der Waals surface area (Å²) in [6.45, 7) is 0. The predicted molar refractivity (Wildman–Crippen MR) is 49.5 cm³/mol. The van der Waals surface area contributed by atoms with E-state index in [0.717, 1.165) is 5.06 Å². The van der Waals surface area contributed by atoms with Crippen LogP contribution in [-0.4, -0.2) is 7.11 Å². The molecule has 0 saturated heterocycles. The van der Waals surface area contributed by atoms with Gasteiger partial charge in [-0.3, -0.25) is 0 Å². The molecule has 2 nitrogen and oxygen atoms in total. The molecule has 2 rings (SSSR count). The van der Waals surface area contributed by atoms with Gasteiger partial charge in [0.15, 0.2) is 0 Å². The summed E-state index contributed by atoms with van der Waals surface area (Å²) in [4.78, 5) is 9.48. The number of rotatable bonds is 2. The molecule has 0 saturated carbocycles. The van der Waals surface area contributed by atoms with E-state index in [9.17, 15) is 0 Å². The molecule has 0 aliphatic heterocycles. The largest absolute Gasteiger partial charge is 0.327 e. The lowest BCUT2D eigenvalue weighted by atomic mass is 10.3. The Balaban J connectivity index is 2.47. The minimum absolute atomic E-state index is 0.790. The van der Waals surface area contributed by atoms with E-state index in [1.165, 1.54) is 17.2 Å². The highest BCUT2D eigenvalue weighted by Crippen LogP contribution is 2.31. The molecule has 1 heterocycles. The molecular weight excluding hydrogens is 172 g/mol. The summed E-state index contributed by atoms with van der Waals surface area (Å²) in [5, 5.41) is 1.98. The third kappa shape index (κ3) is 1.29. The Hall–Kier alpha value is -1.06. The SMILES string of the molecule is COOc1cc2ccccc2s1. The van der Waals surface area contributed by atoms with E-state index >= 15 is 0 Å². The van der Waals surface area contributed by atoms with Crippen molar-refractivity contribution in [2.75, 3.05) is 7.11 Å². The Bertz CT molecular complexity index is 348. The minimum atomic E-state index is 0.790. The van der Waals surface area contributed by atoms with Crippen LogP contribution >= 0.6 is 11.3 Å². The zero-order valence-corrected chi connectivity index (χ0v) is 7.43. The molecule has 0 bridgehead atoms. The van der Waals surface area contributed by atoms with E-state index < -0.39 is 0 Å². The third-order valence-corrected chi connectivity index (χ3v) is 2.55. The number of thiophene rings is 1. The third-order valence-electron chi connectivity index (χ3n) is 1.57. The molecule has 0 amide bonds. The van der Waals surface area contributed by atoms with Gasteiger partial charge >= 0.3 is 0 Å². The van der Waals surface area contributed by atoms with Crippen molar-refractivity contribution in [3.63, 3.8) is 0 Å². The van der Waals surface area contributed by atoms with E-state index in [-0.39, 0.29) is 0 Å². The molecule has 12 heavy (non-hydrogen) atoms. The molecule has 1 aromatic heterocycles. The van der Waals surface area contributed by atoms with Crippen LogP contribution in [0, 0.1) is 0 Å². The van der Waals surface area contributed by atoms with Crippen molar-refractivity contribution in [2.45, 2.75) is 0 Å². The van der Waals surface area contributed by atoms with E-state index in [4.69, 9.17) is 4.89 Å². The van der Waals surface area contributed by atoms with Crippen LogP contribution in [0.5, 0.6) is 5.06 Å². The highest BCUT2D eigenvalue weighted by atomic mass is 32.1. The summed E-state index contributed by atoms with van der Waals surface area (Å²) in [5.41, 5.74) is 0. The zero-order valence-electron chi connectivity index (χ0n) is 6.61. The van der Waals surface area contributed by atoms with Crippen molar-refractivity contribution in [3.8, 4) is 5.06 Å². The summed E-state index contributed by atoms with van der Waals surface area (Å²) in [5.74, 6) is 0. The number of benzene rings is 1. The fourth-order valence-corrected chi connectivity index (χ4v) is 1.98. The zero-order chi connectivity index (χ0) is 8.39.